The molecule has 0 amide bonds. The molecule has 0 radical (unpaired) electrons. The summed E-state index contributed by atoms with van der Waals surface area (Å²) in [7, 11) is 2.17. The van der Waals surface area contributed by atoms with Gasteiger partial charge in [-0.05, 0) is 49.3 Å². The first-order chi connectivity index (χ1) is 8.58. The van der Waals surface area contributed by atoms with E-state index < -0.39 is 0 Å². The molecule has 0 heterocycles. The molecule has 18 heavy (non-hydrogen) atoms. The molecule has 0 bridgehead atoms. The van der Waals surface area contributed by atoms with E-state index in [1.807, 2.05) is 0 Å². The Balaban J connectivity index is 2.02. The third kappa shape index (κ3) is 3.05. The van der Waals surface area contributed by atoms with Gasteiger partial charge in [-0.15, -0.1) is 0 Å². The van der Waals surface area contributed by atoms with Crippen LogP contribution in [0.15, 0.2) is 24.3 Å². The summed E-state index contributed by atoms with van der Waals surface area (Å²) < 4.78 is 0. The third-order valence-corrected chi connectivity index (χ3v) is 4.18. The fourth-order valence-electron chi connectivity index (χ4n) is 2.75. The Morgan fingerprint density at radius 2 is 1.61 bits per heavy atom. The molecular formula is C16H25NO. The van der Waals surface area contributed by atoms with Gasteiger partial charge in [0.1, 0.15) is 0 Å². The number of hydrogen-bond acceptors (Lipinski definition) is 2. The molecule has 0 saturated heterocycles. The van der Waals surface area contributed by atoms with E-state index in [9.17, 15) is 5.11 Å². The molecule has 1 saturated carbocycles. The van der Waals surface area contributed by atoms with Crippen LogP contribution in [0.3, 0.4) is 0 Å². The molecule has 1 aromatic carbocycles. The molecule has 1 aliphatic rings. The summed E-state index contributed by atoms with van der Waals surface area (Å²) in [5.74, 6) is 0.592. The van der Waals surface area contributed by atoms with Crippen molar-refractivity contribution in [3.8, 4) is 0 Å². The fraction of sp³-hybridized carbons (Fsp3) is 0.625. The first kappa shape index (κ1) is 13.4. The SMILES string of the molecule is CC(C)c1ccc(N(C)C2CCC(O)CC2)cc1. The maximum absolute atomic E-state index is 9.56. The molecule has 1 aromatic rings. The van der Waals surface area contributed by atoms with Crippen molar-refractivity contribution in [3.05, 3.63) is 29.8 Å². The molecule has 2 rings (SSSR count). The highest BCUT2D eigenvalue weighted by atomic mass is 16.3. The van der Waals surface area contributed by atoms with Crippen LogP contribution >= 0.6 is 0 Å². The van der Waals surface area contributed by atoms with Crippen molar-refractivity contribution in [3.63, 3.8) is 0 Å². The van der Waals surface area contributed by atoms with Crippen LogP contribution in [0, 0.1) is 0 Å². The van der Waals surface area contributed by atoms with Crippen molar-refractivity contribution in [1.82, 2.24) is 0 Å². The maximum Gasteiger partial charge on any atom is 0.0541 e. The maximum atomic E-state index is 9.56. The van der Waals surface area contributed by atoms with Crippen LogP contribution < -0.4 is 4.90 Å². The molecule has 0 atom stereocenters. The highest BCUT2D eigenvalue weighted by molar-refractivity contribution is 5.48. The Labute approximate surface area is 111 Å². The normalized spacial score (nSPS) is 24.3. The summed E-state index contributed by atoms with van der Waals surface area (Å²) >= 11 is 0. The summed E-state index contributed by atoms with van der Waals surface area (Å²) in [5, 5.41) is 9.56. The van der Waals surface area contributed by atoms with Crippen molar-refractivity contribution < 1.29 is 5.11 Å². The lowest BCUT2D eigenvalue weighted by molar-refractivity contribution is 0.122. The summed E-state index contributed by atoms with van der Waals surface area (Å²) in [6, 6.07) is 9.49. The van der Waals surface area contributed by atoms with Crippen molar-refractivity contribution in [2.75, 3.05) is 11.9 Å². The minimum atomic E-state index is -0.0713. The van der Waals surface area contributed by atoms with E-state index >= 15 is 0 Å². The zero-order valence-corrected chi connectivity index (χ0v) is 11.8. The van der Waals surface area contributed by atoms with Crippen LogP contribution in [0.4, 0.5) is 5.69 Å². The van der Waals surface area contributed by atoms with Crippen molar-refractivity contribution >= 4 is 5.69 Å². The second-order valence-electron chi connectivity index (χ2n) is 5.82. The van der Waals surface area contributed by atoms with Crippen molar-refractivity contribution in [2.24, 2.45) is 0 Å². The molecule has 100 valence electrons. The van der Waals surface area contributed by atoms with Gasteiger partial charge in [0.05, 0.1) is 6.10 Å². The summed E-state index contributed by atoms with van der Waals surface area (Å²) in [5.41, 5.74) is 2.69. The van der Waals surface area contributed by atoms with E-state index in [1.165, 1.54) is 11.3 Å². The van der Waals surface area contributed by atoms with Gasteiger partial charge in [0, 0.05) is 18.8 Å². The average Bonchev–Trinajstić information content (AvgIpc) is 2.39. The molecule has 0 aromatic heterocycles. The highest BCUT2D eigenvalue weighted by Gasteiger charge is 2.22. The lowest BCUT2D eigenvalue weighted by atomic mass is 9.92. The second kappa shape index (κ2) is 5.75. The molecule has 0 spiro atoms. The predicted octanol–water partition coefficient (Wildman–Crippen LogP) is 3.55. The van der Waals surface area contributed by atoms with E-state index in [4.69, 9.17) is 0 Å². The molecular weight excluding hydrogens is 222 g/mol. The summed E-state index contributed by atoms with van der Waals surface area (Å²) in [6.45, 7) is 4.45. The lowest BCUT2D eigenvalue weighted by Gasteiger charge is -2.34. The Morgan fingerprint density at radius 1 is 1.06 bits per heavy atom. The van der Waals surface area contributed by atoms with E-state index in [1.54, 1.807) is 0 Å². The van der Waals surface area contributed by atoms with E-state index in [2.05, 4.69) is 50.1 Å². The Bertz CT molecular complexity index is 363. The fourth-order valence-corrected chi connectivity index (χ4v) is 2.75. The zero-order chi connectivity index (χ0) is 13.1. The number of nitrogens with zero attached hydrogens (tertiary/aromatic N) is 1. The first-order valence-electron chi connectivity index (χ1n) is 7.08. The van der Waals surface area contributed by atoms with Gasteiger partial charge in [0.15, 0.2) is 0 Å². The molecule has 0 aliphatic heterocycles. The van der Waals surface area contributed by atoms with Crippen LogP contribution in [0.2, 0.25) is 0 Å². The van der Waals surface area contributed by atoms with Gasteiger partial charge in [-0.25, -0.2) is 0 Å². The number of aliphatic hydroxyl groups excluding tert-OH is 1. The smallest absolute Gasteiger partial charge is 0.0541 e. The van der Waals surface area contributed by atoms with Gasteiger partial charge in [0.2, 0.25) is 0 Å². The van der Waals surface area contributed by atoms with Gasteiger partial charge in [-0.1, -0.05) is 26.0 Å². The van der Waals surface area contributed by atoms with E-state index in [0.29, 0.717) is 12.0 Å². The lowest BCUT2D eigenvalue weighted by Crippen LogP contribution is -2.36. The van der Waals surface area contributed by atoms with Gasteiger partial charge in [-0.2, -0.15) is 0 Å². The first-order valence-corrected chi connectivity index (χ1v) is 7.08. The predicted molar refractivity (Wildman–Crippen MR) is 77.2 cm³/mol. The van der Waals surface area contributed by atoms with E-state index in [0.717, 1.165) is 25.7 Å². The van der Waals surface area contributed by atoms with Gasteiger partial charge in [-0.3, -0.25) is 0 Å². The van der Waals surface area contributed by atoms with E-state index in [-0.39, 0.29) is 6.10 Å². The summed E-state index contributed by atoms with van der Waals surface area (Å²) in [6.07, 6.45) is 4.02. The molecule has 1 aliphatic carbocycles. The topological polar surface area (TPSA) is 23.5 Å². The largest absolute Gasteiger partial charge is 0.393 e. The van der Waals surface area contributed by atoms with Gasteiger partial charge in [0.25, 0.3) is 0 Å². The molecule has 0 unspecified atom stereocenters. The molecule has 1 N–H and O–H groups in total. The van der Waals surface area contributed by atoms with Crippen LogP contribution in [-0.4, -0.2) is 24.3 Å². The number of anilines is 1. The standard InChI is InChI=1S/C16H25NO/c1-12(2)13-4-6-14(7-5-13)17(3)15-8-10-16(18)11-9-15/h4-7,12,15-16,18H,8-11H2,1-3H3. The molecule has 2 nitrogen and oxygen atoms in total. The van der Waals surface area contributed by atoms with Crippen LogP contribution in [0.1, 0.15) is 51.0 Å². The quantitative estimate of drug-likeness (QED) is 0.883. The number of hydrogen-bond donors (Lipinski definition) is 1. The number of aliphatic hydroxyl groups is 1. The van der Waals surface area contributed by atoms with Gasteiger partial charge < -0.3 is 10.0 Å². The van der Waals surface area contributed by atoms with Crippen LogP contribution in [-0.2, 0) is 0 Å². The Morgan fingerprint density at radius 3 is 2.11 bits per heavy atom. The molecule has 2 heteroatoms. The number of rotatable bonds is 3. The Kier molecular flexibility index (Phi) is 4.28. The van der Waals surface area contributed by atoms with Crippen LogP contribution in [0.5, 0.6) is 0 Å². The van der Waals surface area contributed by atoms with Gasteiger partial charge >= 0.3 is 0 Å². The third-order valence-electron chi connectivity index (χ3n) is 4.18. The molecule has 1 fully saturated rings. The number of benzene rings is 1. The summed E-state index contributed by atoms with van der Waals surface area (Å²) in [4.78, 5) is 2.37. The van der Waals surface area contributed by atoms with Crippen molar-refractivity contribution in [2.45, 2.75) is 57.6 Å². The zero-order valence-electron chi connectivity index (χ0n) is 11.8. The highest BCUT2D eigenvalue weighted by Crippen LogP contribution is 2.27. The Hall–Kier alpha value is -1.02. The average molecular weight is 247 g/mol. The van der Waals surface area contributed by atoms with Crippen LogP contribution in [0.25, 0.3) is 0 Å². The minimum absolute atomic E-state index is 0.0713. The second-order valence-corrected chi connectivity index (χ2v) is 5.82. The van der Waals surface area contributed by atoms with Crippen molar-refractivity contribution in [1.29, 1.82) is 0 Å². The minimum Gasteiger partial charge on any atom is -0.393 e. The monoisotopic (exact) mass is 247 g/mol.